The van der Waals surface area contributed by atoms with Gasteiger partial charge in [-0.15, -0.1) is 0 Å². The lowest BCUT2D eigenvalue weighted by molar-refractivity contribution is -0.295. The molecule has 0 amide bonds. The maximum Gasteiger partial charge on any atom is 0.443 e. The van der Waals surface area contributed by atoms with Gasteiger partial charge >= 0.3 is 17.9 Å². The Kier molecular flexibility index (Phi) is 11.4. The molecule has 0 bridgehead atoms. The summed E-state index contributed by atoms with van der Waals surface area (Å²) < 4.78 is 84.1. The number of alkyl halides is 3. The average Bonchev–Trinajstić information content (AvgIpc) is 3.37. The van der Waals surface area contributed by atoms with Crippen LogP contribution in [-0.2, 0) is 24.3 Å². The number of nitrogens with one attached hydrogen (secondary N) is 1. The van der Waals surface area contributed by atoms with E-state index < -0.39 is 38.9 Å². The van der Waals surface area contributed by atoms with E-state index in [-0.39, 0.29) is 31.3 Å². The highest BCUT2D eigenvalue weighted by molar-refractivity contribution is 7.89. The van der Waals surface area contributed by atoms with Gasteiger partial charge in [-0.1, -0.05) is 83.2 Å². The molecule has 0 saturated heterocycles. The summed E-state index contributed by atoms with van der Waals surface area (Å²) in [7, 11) is -4.83. The number of ether oxygens (including phenoxy) is 2. The van der Waals surface area contributed by atoms with Crippen LogP contribution in [0.25, 0.3) is 0 Å². The van der Waals surface area contributed by atoms with Gasteiger partial charge in [-0.25, -0.2) is 13.2 Å². The van der Waals surface area contributed by atoms with Gasteiger partial charge in [0.15, 0.2) is 0 Å². The van der Waals surface area contributed by atoms with Crippen molar-refractivity contribution < 1.29 is 35.9 Å². The van der Waals surface area contributed by atoms with E-state index in [0.29, 0.717) is 29.1 Å². The number of halogens is 3. The number of hydrogen-bond donors (Lipinski definition) is 1. The zero-order valence-corrected chi connectivity index (χ0v) is 31.3. The first-order valence-electron chi connectivity index (χ1n) is 18.6. The highest BCUT2D eigenvalue weighted by Crippen LogP contribution is 2.65. The minimum Gasteiger partial charge on any atom is -0.463 e. The molecule has 0 aliphatic heterocycles. The number of sulfonamides is 1. The fourth-order valence-electron chi connectivity index (χ4n) is 10.6. The molecule has 1 N–H and O–H groups in total. The second-order valence-corrected chi connectivity index (χ2v) is 18.2. The topological polar surface area (TPSA) is 81.7 Å². The fourth-order valence-corrected chi connectivity index (χ4v) is 11.9. The summed E-state index contributed by atoms with van der Waals surface area (Å²) in [5, 5.41) is 0. The molecule has 276 valence electrons. The highest BCUT2D eigenvalue weighted by Gasteiger charge is 2.67. The zero-order chi connectivity index (χ0) is 35.9. The third-order valence-corrected chi connectivity index (χ3v) is 14.3. The van der Waals surface area contributed by atoms with Gasteiger partial charge in [-0.05, 0) is 124 Å². The van der Waals surface area contributed by atoms with Crippen molar-refractivity contribution in [2.24, 2.45) is 52.8 Å². The summed E-state index contributed by atoms with van der Waals surface area (Å²) in [5.41, 5.74) is -1.74. The van der Waals surface area contributed by atoms with Crippen molar-refractivity contribution in [2.75, 3.05) is 6.61 Å². The molecule has 4 aliphatic rings. The quantitative estimate of drug-likeness (QED) is 0.133. The first-order chi connectivity index (χ1) is 22.9. The zero-order valence-electron chi connectivity index (χ0n) is 30.4. The normalized spacial score (nSPS) is 33.5. The van der Waals surface area contributed by atoms with E-state index in [4.69, 9.17) is 9.47 Å². The number of aryl methyl sites for hydroxylation is 1. The fraction of sp³-hybridized carbons (Fsp3) is 0.769. The molecule has 10 atom stereocenters. The number of rotatable bonds is 12. The Hall–Kier alpha value is -1.91. The van der Waals surface area contributed by atoms with Crippen LogP contribution in [0.3, 0.4) is 0 Å². The van der Waals surface area contributed by atoms with Crippen LogP contribution < -0.4 is 4.72 Å². The SMILES string of the molecule is CCOC(=O)[C@](NS(=O)(=O)c1ccc(C)cc1)(O[C@@H]1CC2=CC[C@@H]3[C@H](CC[C@@]4(C)[C@@H]3CC[C@H]4[C@H](C)CCCC(C)C)[C@@H]2[C@H](C)C1)C(F)(F)F. The van der Waals surface area contributed by atoms with Crippen LogP contribution in [0.4, 0.5) is 13.2 Å². The molecule has 10 heteroatoms. The maximum absolute atomic E-state index is 15.1. The van der Waals surface area contributed by atoms with Crippen LogP contribution >= 0.6 is 0 Å². The molecule has 0 unspecified atom stereocenters. The molecule has 0 spiro atoms. The van der Waals surface area contributed by atoms with Gasteiger partial charge in [0.05, 0.1) is 17.6 Å². The predicted octanol–water partition coefficient (Wildman–Crippen LogP) is 9.38. The average molecular weight is 710 g/mol. The second kappa shape index (κ2) is 14.6. The molecule has 49 heavy (non-hydrogen) atoms. The van der Waals surface area contributed by atoms with E-state index in [1.807, 2.05) is 0 Å². The van der Waals surface area contributed by atoms with Crippen LogP contribution in [0.15, 0.2) is 40.8 Å². The van der Waals surface area contributed by atoms with Crippen LogP contribution in [0, 0.1) is 59.7 Å². The molecule has 0 aromatic heterocycles. The summed E-state index contributed by atoms with van der Waals surface area (Å²) in [6.45, 7) is 14.4. The number of fused-ring (bicyclic) bond motifs is 5. The number of esters is 1. The van der Waals surface area contributed by atoms with Gasteiger partial charge in [-0.2, -0.15) is 17.9 Å². The van der Waals surface area contributed by atoms with Crippen molar-refractivity contribution in [1.82, 2.24) is 4.72 Å². The first-order valence-corrected chi connectivity index (χ1v) is 20.1. The van der Waals surface area contributed by atoms with Crippen LogP contribution in [0.2, 0.25) is 0 Å². The Labute approximate surface area is 292 Å². The highest BCUT2D eigenvalue weighted by atomic mass is 32.2. The largest absolute Gasteiger partial charge is 0.463 e. The van der Waals surface area contributed by atoms with Gasteiger partial charge in [0.2, 0.25) is 10.0 Å². The van der Waals surface area contributed by atoms with E-state index in [1.54, 1.807) is 11.6 Å². The lowest BCUT2D eigenvalue weighted by atomic mass is 9.50. The van der Waals surface area contributed by atoms with Crippen molar-refractivity contribution in [1.29, 1.82) is 0 Å². The minimum absolute atomic E-state index is 0.0103. The maximum atomic E-state index is 15.1. The Bertz CT molecular complexity index is 1460. The summed E-state index contributed by atoms with van der Waals surface area (Å²) >= 11 is 0. The molecule has 0 radical (unpaired) electrons. The van der Waals surface area contributed by atoms with Gasteiger partial charge in [0, 0.05) is 0 Å². The van der Waals surface area contributed by atoms with E-state index in [0.717, 1.165) is 35.8 Å². The van der Waals surface area contributed by atoms with Gasteiger partial charge in [0.1, 0.15) is 0 Å². The Balaban J connectivity index is 1.37. The number of carbonyl (C=O) groups excluding carboxylic acids is 1. The van der Waals surface area contributed by atoms with E-state index >= 15 is 13.2 Å². The van der Waals surface area contributed by atoms with Crippen LogP contribution in [0.5, 0.6) is 0 Å². The van der Waals surface area contributed by atoms with Gasteiger partial charge < -0.3 is 9.47 Å². The van der Waals surface area contributed by atoms with Crippen LogP contribution in [0.1, 0.15) is 111 Å². The van der Waals surface area contributed by atoms with Crippen molar-refractivity contribution in [3.63, 3.8) is 0 Å². The van der Waals surface area contributed by atoms with Crippen molar-refractivity contribution in [2.45, 2.75) is 136 Å². The summed E-state index contributed by atoms with van der Waals surface area (Å²) in [6, 6.07) is 5.37. The summed E-state index contributed by atoms with van der Waals surface area (Å²) in [4.78, 5) is 12.8. The summed E-state index contributed by atoms with van der Waals surface area (Å²) in [5.74, 6) is 2.32. The molecule has 4 aliphatic carbocycles. The molecule has 3 saturated carbocycles. The van der Waals surface area contributed by atoms with Crippen LogP contribution in [-0.4, -0.2) is 39.0 Å². The van der Waals surface area contributed by atoms with E-state index in [9.17, 15) is 13.2 Å². The van der Waals surface area contributed by atoms with E-state index in [2.05, 4.69) is 40.7 Å². The lowest BCUT2D eigenvalue weighted by Gasteiger charge is -2.56. The molecule has 5 rings (SSSR count). The Morgan fingerprint density at radius 3 is 2.39 bits per heavy atom. The van der Waals surface area contributed by atoms with Crippen molar-refractivity contribution in [3.8, 4) is 0 Å². The molecule has 0 heterocycles. The number of allylic oxidation sites excluding steroid dienone is 1. The summed E-state index contributed by atoms with van der Waals surface area (Å²) in [6.07, 6.45) is 5.91. The molecule has 3 fully saturated rings. The minimum atomic E-state index is -5.43. The van der Waals surface area contributed by atoms with Gasteiger partial charge in [0.25, 0.3) is 0 Å². The van der Waals surface area contributed by atoms with Crippen molar-refractivity contribution in [3.05, 3.63) is 41.5 Å². The smallest absolute Gasteiger partial charge is 0.443 e. The number of carbonyl (C=O) groups is 1. The third kappa shape index (κ3) is 7.53. The van der Waals surface area contributed by atoms with Gasteiger partial charge in [-0.3, -0.25) is 0 Å². The molecule has 6 nitrogen and oxygen atoms in total. The molecule has 1 aromatic carbocycles. The number of hydrogen-bond acceptors (Lipinski definition) is 5. The Morgan fingerprint density at radius 2 is 1.76 bits per heavy atom. The number of benzene rings is 1. The third-order valence-electron chi connectivity index (χ3n) is 12.9. The standard InChI is InChI=1S/C39H58F3NO5S/c1-8-47-36(44)38(39(40,41)42,43-49(45,46)30-15-12-25(4)13-16-30)48-29-22-27(6)35-28(23-29)14-17-31-32(35)20-21-37(7)33(18-19-34(31)37)26(5)11-9-10-24(2)3/h12-16,24,26-27,29,31-35,43H,8-11,17-23H2,1-7H3/t26-,27-,29+,31-,32+,33+,34-,35-,37-,38+/m1/s1. The molecule has 1 aromatic rings. The first kappa shape index (κ1) is 38.3. The van der Waals surface area contributed by atoms with E-state index in [1.165, 1.54) is 69.7 Å². The molecular formula is C39H58F3NO5S. The second-order valence-electron chi connectivity index (χ2n) is 16.5. The Morgan fingerprint density at radius 1 is 1.06 bits per heavy atom. The monoisotopic (exact) mass is 709 g/mol. The molecular weight excluding hydrogens is 651 g/mol. The lowest BCUT2D eigenvalue weighted by Crippen LogP contribution is -2.67. The predicted molar refractivity (Wildman–Crippen MR) is 185 cm³/mol. The van der Waals surface area contributed by atoms with Crippen molar-refractivity contribution >= 4 is 16.0 Å².